The highest BCUT2D eigenvalue weighted by molar-refractivity contribution is 6.31. The maximum Gasteiger partial charge on any atom is 0.0621 e. The fourth-order valence-corrected chi connectivity index (χ4v) is 3.62. The molecule has 3 atom stereocenters. The average Bonchev–Trinajstić information content (AvgIpc) is 2.31. The quantitative estimate of drug-likeness (QED) is 0.905. The molecule has 0 aromatic carbocycles. The van der Waals surface area contributed by atoms with Crippen molar-refractivity contribution in [2.24, 2.45) is 17.3 Å². The summed E-state index contributed by atoms with van der Waals surface area (Å²) < 4.78 is 0. The highest BCUT2D eigenvalue weighted by atomic mass is 35.5. The summed E-state index contributed by atoms with van der Waals surface area (Å²) in [4.78, 5) is 4.03. The molecule has 3 heteroatoms. The Morgan fingerprint density at radius 3 is 2.79 bits per heavy atom. The first-order valence-electron chi connectivity index (χ1n) is 7.16. The Morgan fingerprint density at radius 2 is 2.16 bits per heavy atom. The summed E-state index contributed by atoms with van der Waals surface area (Å²) in [6, 6.07) is 1.99. The van der Waals surface area contributed by atoms with Gasteiger partial charge in [-0.2, -0.15) is 0 Å². The van der Waals surface area contributed by atoms with Gasteiger partial charge in [-0.3, -0.25) is 4.98 Å². The standard InChI is InChI=1S/C16H24ClNO/c1-11-4-5-13(15(19)8-11)16(2,3)9-12-6-7-18-10-14(12)17/h6-7,10-11,13,15,19H,4-5,8-9H2,1-3H3. The van der Waals surface area contributed by atoms with Crippen LogP contribution in [0, 0.1) is 17.3 Å². The monoisotopic (exact) mass is 281 g/mol. The average molecular weight is 282 g/mol. The minimum absolute atomic E-state index is 0.0601. The van der Waals surface area contributed by atoms with E-state index in [0.29, 0.717) is 11.8 Å². The van der Waals surface area contributed by atoms with E-state index in [2.05, 4.69) is 25.8 Å². The van der Waals surface area contributed by atoms with Gasteiger partial charge in [0, 0.05) is 12.4 Å². The van der Waals surface area contributed by atoms with Gasteiger partial charge in [-0.1, -0.05) is 38.8 Å². The molecule has 1 aliphatic rings. The summed E-state index contributed by atoms with van der Waals surface area (Å²) in [6.45, 7) is 6.72. The molecule has 1 fully saturated rings. The molecule has 0 bridgehead atoms. The Kier molecular flexibility index (Phi) is 4.52. The molecule has 1 N–H and O–H groups in total. The number of aromatic nitrogens is 1. The lowest BCUT2D eigenvalue weighted by Gasteiger charge is -2.42. The van der Waals surface area contributed by atoms with Crippen molar-refractivity contribution in [1.82, 2.24) is 4.98 Å². The number of halogens is 1. The van der Waals surface area contributed by atoms with Crippen LogP contribution in [0.15, 0.2) is 18.5 Å². The van der Waals surface area contributed by atoms with Crippen LogP contribution in [-0.2, 0) is 6.42 Å². The van der Waals surface area contributed by atoms with Crippen LogP contribution in [0.4, 0.5) is 0 Å². The number of hydrogen-bond donors (Lipinski definition) is 1. The van der Waals surface area contributed by atoms with Gasteiger partial charge in [-0.15, -0.1) is 0 Å². The first-order valence-corrected chi connectivity index (χ1v) is 7.54. The molecule has 1 heterocycles. The molecule has 0 amide bonds. The van der Waals surface area contributed by atoms with E-state index in [1.807, 2.05) is 6.07 Å². The Balaban J connectivity index is 2.12. The van der Waals surface area contributed by atoms with E-state index in [-0.39, 0.29) is 11.5 Å². The van der Waals surface area contributed by atoms with Gasteiger partial charge in [-0.25, -0.2) is 0 Å². The third-order valence-corrected chi connectivity index (χ3v) is 4.93. The second-order valence-electron chi connectivity index (χ2n) is 6.72. The molecule has 0 spiro atoms. The van der Waals surface area contributed by atoms with Crippen LogP contribution in [0.1, 0.15) is 45.6 Å². The summed E-state index contributed by atoms with van der Waals surface area (Å²) in [5.74, 6) is 1.000. The lowest BCUT2D eigenvalue weighted by atomic mass is 9.65. The highest BCUT2D eigenvalue weighted by Gasteiger charge is 2.38. The topological polar surface area (TPSA) is 33.1 Å². The molecule has 0 aliphatic heterocycles. The minimum Gasteiger partial charge on any atom is -0.393 e. The Hall–Kier alpha value is -0.600. The highest BCUT2D eigenvalue weighted by Crippen LogP contribution is 2.42. The van der Waals surface area contributed by atoms with E-state index in [0.717, 1.165) is 29.8 Å². The van der Waals surface area contributed by atoms with Crippen LogP contribution in [0.3, 0.4) is 0 Å². The molecule has 2 rings (SSSR count). The molecule has 3 unspecified atom stereocenters. The van der Waals surface area contributed by atoms with Gasteiger partial charge in [-0.05, 0) is 48.1 Å². The van der Waals surface area contributed by atoms with Gasteiger partial charge in [0.2, 0.25) is 0 Å². The third kappa shape index (κ3) is 3.49. The van der Waals surface area contributed by atoms with E-state index in [1.54, 1.807) is 12.4 Å². The van der Waals surface area contributed by atoms with Crippen LogP contribution in [0.2, 0.25) is 5.02 Å². The predicted molar refractivity (Wildman–Crippen MR) is 79.2 cm³/mol. The van der Waals surface area contributed by atoms with E-state index in [1.165, 1.54) is 6.42 Å². The van der Waals surface area contributed by atoms with Gasteiger partial charge >= 0.3 is 0 Å². The molecule has 0 saturated heterocycles. The van der Waals surface area contributed by atoms with Crippen molar-refractivity contribution < 1.29 is 5.11 Å². The molecule has 1 aromatic heterocycles. The van der Waals surface area contributed by atoms with Gasteiger partial charge < -0.3 is 5.11 Å². The molecule has 1 aliphatic carbocycles. The zero-order chi connectivity index (χ0) is 14.0. The van der Waals surface area contributed by atoms with Crippen molar-refractivity contribution in [2.45, 2.75) is 52.6 Å². The summed E-state index contributed by atoms with van der Waals surface area (Å²) >= 11 is 6.20. The predicted octanol–water partition coefficient (Wildman–Crippen LogP) is 4.10. The number of hydrogen-bond acceptors (Lipinski definition) is 2. The van der Waals surface area contributed by atoms with Gasteiger partial charge in [0.15, 0.2) is 0 Å². The molecule has 1 aromatic rings. The van der Waals surface area contributed by atoms with Crippen molar-refractivity contribution >= 4 is 11.6 Å². The van der Waals surface area contributed by atoms with Crippen LogP contribution < -0.4 is 0 Å². The van der Waals surface area contributed by atoms with Crippen molar-refractivity contribution in [3.05, 3.63) is 29.0 Å². The minimum atomic E-state index is -0.181. The Labute approximate surface area is 121 Å². The Bertz CT molecular complexity index is 433. The van der Waals surface area contributed by atoms with Crippen molar-refractivity contribution in [3.8, 4) is 0 Å². The molecular formula is C16H24ClNO. The Morgan fingerprint density at radius 1 is 1.42 bits per heavy atom. The van der Waals surface area contributed by atoms with Gasteiger partial charge in [0.25, 0.3) is 0 Å². The molecule has 2 nitrogen and oxygen atoms in total. The van der Waals surface area contributed by atoms with Gasteiger partial charge in [0.1, 0.15) is 0 Å². The smallest absolute Gasteiger partial charge is 0.0621 e. The van der Waals surface area contributed by atoms with Crippen molar-refractivity contribution in [3.63, 3.8) is 0 Å². The molecule has 0 radical (unpaired) electrons. The zero-order valence-corrected chi connectivity index (χ0v) is 12.8. The fraction of sp³-hybridized carbons (Fsp3) is 0.688. The van der Waals surface area contributed by atoms with Crippen molar-refractivity contribution in [2.75, 3.05) is 0 Å². The number of aliphatic hydroxyl groups is 1. The number of aliphatic hydroxyl groups excluding tert-OH is 1. The third-order valence-electron chi connectivity index (χ3n) is 4.59. The largest absolute Gasteiger partial charge is 0.393 e. The van der Waals surface area contributed by atoms with Crippen LogP contribution in [0.5, 0.6) is 0 Å². The number of pyridine rings is 1. The number of rotatable bonds is 3. The van der Waals surface area contributed by atoms with Gasteiger partial charge in [0.05, 0.1) is 11.1 Å². The lowest BCUT2D eigenvalue weighted by molar-refractivity contribution is -0.0125. The van der Waals surface area contributed by atoms with Crippen molar-refractivity contribution in [1.29, 1.82) is 0 Å². The second-order valence-corrected chi connectivity index (χ2v) is 7.13. The first-order chi connectivity index (χ1) is 8.90. The second kappa shape index (κ2) is 5.80. The SMILES string of the molecule is CC1CCC(C(C)(C)Cc2ccncc2Cl)C(O)C1. The molecule has 1 saturated carbocycles. The summed E-state index contributed by atoms with van der Waals surface area (Å²) in [6.07, 6.45) is 7.46. The van der Waals surface area contributed by atoms with E-state index in [9.17, 15) is 5.11 Å². The normalized spacial score (nSPS) is 28.4. The first kappa shape index (κ1) is 14.8. The van der Waals surface area contributed by atoms with Crippen LogP contribution in [-0.4, -0.2) is 16.2 Å². The molecule has 106 valence electrons. The summed E-state index contributed by atoms with van der Waals surface area (Å²) in [7, 11) is 0. The van der Waals surface area contributed by atoms with E-state index >= 15 is 0 Å². The van der Waals surface area contributed by atoms with E-state index in [4.69, 9.17) is 11.6 Å². The molecular weight excluding hydrogens is 258 g/mol. The summed E-state index contributed by atoms with van der Waals surface area (Å²) in [5.41, 5.74) is 1.19. The maximum absolute atomic E-state index is 10.4. The molecule has 19 heavy (non-hydrogen) atoms. The maximum atomic E-state index is 10.4. The lowest BCUT2D eigenvalue weighted by Crippen LogP contribution is -2.39. The van der Waals surface area contributed by atoms with E-state index < -0.39 is 0 Å². The van der Waals surface area contributed by atoms with Crippen LogP contribution in [0.25, 0.3) is 0 Å². The summed E-state index contributed by atoms with van der Waals surface area (Å²) in [5, 5.41) is 11.1. The number of nitrogens with zero attached hydrogens (tertiary/aromatic N) is 1. The van der Waals surface area contributed by atoms with Crippen LogP contribution >= 0.6 is 11.6 Å². The zero-order valence-electron chi connectivity index (χ0n) is 12.1. The fourth-order valence-electron chi connectivity index (χ4n) is 3.43.